The number of thioether (sulfide) groups is 1. The van der Waals surface area contributed by atoms with E-state index in [0.29, 0.717) is 12.1 Å². The molecule has 1 aliphatic rings. The lowest BCUT2D eigenvalue weighted by Gasteiger charge is -2.13. The van der Waals surface area contributed by atoms with Crippen LogP contribution in [0.4, 0.5) is 4.79 Å². The van der Waals surface area contributed by atoms with Gasteiger partial charge in [-0.1, -0.05) is 11.8 Å². The first-order chi connectivity index (χ1) is 12.0. The van der Waals surface area contributed by atoms with Crippen molar-refractivity contribution >= 4 is 28.8 Å². The lowest BCUT2D eigenvalue weighted by molar-refractivity contribution is -0.124. The molecule has 8 heteroatoms. The topological polar surface area (TPSA) is 84.5 Å². The van der Waals surface area contributed by atoms with Crippen molar-refractivity contribution in [1.29, 1.82) is 0 Å². The number of carbonyl (C=O) groups is 3. The highest BCUT2D eigenvalue weighted by atomic mass is 32.2. The van der Waals surface area contributed by atoms with Crippen LogP contribution in [0.3, 0.4) is 0 Å². The molecule has 1 N–H and O–H groups in total. The molecule has 0 saturated carbocycles. The van der Waals surface area contributed by atoms with E-state index < -0.39 is 0 Å². The van der Waals surface area contributed by atoms with Gasteiger partial charge in [0.25, 0.3) is 11.1 Å². The van der Waals surface area contributed by atoms with Gasteiger partial charge in [-0.05, 0) is 32.0 Å². The summed E-state index contributed by atoms with van der Waals surface area (Å²) in [6.07, 6.45) is 1.62. The van der Waals surface area contributed by atoms with Crippen LogP contribution in [-0.4, -0.2) is 45.4 Å². The molecular weight excluding hydrogens is 342 g/mol. The van der Waals surface area contributed by atoms with Crippen LogP contribution in [0.15, 0.2) is 28.9 Å². The highest BCUT2D eigenvalue weighted by molar-refractivity contribution is 8.14. The van der Waals surface area contributed by atoms with Crippen molar-refractivity contribution < 1.29 is 18.8 Å². The molecule has 132 valence electrons. The Labute approximate surface area is 149 Å². The molecule has 25 heavy (non-hydrogen) atoms. The smallest absolute Gasteiger partial charge is 0.288 e. The maximum Gasteiger partial charge on any atom is 0.288 e. The van der Waals surface area contributed by atoms with E-state index in [0.717, 1.165) is 28.9 Å². The number of aromatic nitrogens is 1. The number of aryl methyl sites for hydroxylation is 1. The van der Waals surface area contributed by atoms with Crippen molar-refractivity contribution in [1.82, 2.24) is 14.8 Å². The number of nitrogens with zero attached hydrogens (tertiary/aromatic N) is 2. The van der Waals surface area contributed by atoms with Gasteiger partial charge in [-0.15, -0.1) is 0 Å². The first-order valence-corrected chi connectivity index (χ1v) is 8.90. The number of carbonyl (C=O) groups excluding carboxylic acids is 3. The molecular formula is C17H19N3O4S. The summed E-state index contributed by atoms with van der Waals surface area (Å²) in [5.74, 6) is 0.574. The summed E-state index contributed by atoms with van der Waals surface area (Å²) in [5.41, 5.74) is 2.38. The lowest BCUT2D eigenvalue weighted by atomic mass is 10.2. The number of amides is 3. The summed E-state index contributed by atoms with van der Waals surface area (Å²) in [5, 5.41) is 2.52. The van der Waals surface area contributed by atoms with E-state index in [9.17, 15) is 14.4 Å². The molecule has 0 atom stereocenters. The number of hydrogen-bond donors (Lipinski definition) is 1. The van der Waals surface area contributed by atoms with E-state index in [-0.39, 0.29) is 35.9 Å². The second kappa shape index (κ2) is 7.18. The minimum absolute atomic E-state index is 0.181. The maximum atomic E-state index is 12.4. The first kappa shape index (κ1) is 17.3. The number of nitrogens with one attached hydrogen (secondary N) is 1. The minimum atomic E-state index is -0.254. The largest absolute Gasteiger partial charge is 0.467 e. The van der Waals surface area contributed by atoms with Gasteiger partial charge < -0.3 is 14.3 Å². The molecule has 0 radical (unpaired) electrons. The van der Waals surface area contributed by atoms with E-state index in [2.05, 4.69) is 5.32 Å². The van der Waals surface area contributed by atoms with Gasteiger partial charge in [-0.3, -0.25) is 19.3 Å². The van der Waals surface area contributed by atoms with Crippen molar-refractivity contribution in [3.05, 3.63) is 47.2 Å². The van der Waals surface area contributed by atoms with Crippen molar-refractivity contribution in [3.8, 4) is 0 Å². The SMILES string of the molecule is Cc1cc(C(=O)NCCN2C(=O)CSC2=O)c(C)n1Cc1ccco1. The standard InChI is InChI=1S/C17H19N3O4S/c1-11-8-14(12(2)20(11)9-13-4-3-7-24-13)16(22)18-5-6-19-15(21)10-25-17(19)23/h3-4,7-8H,5-6,9-10H2,1-2H3,(H,18,22). The van der Waals surface area contributed by atoms with Crippen LogP contribution in [0.1, 0.15) is 27.5 Å². The molecule has 1 saturated heterocycles. The molecule has 1 fully saturated rings. The summed E-state index contributed by atoms with van der Waals surface area (Å²) in [6.45, 7) is 4.81. The van der Waals surface area contributed by atoms with Crippen LogP contribution in [-0.2, 0) is 11.3 Å². The van der Waals surface area contributed by atoms with Gasteiger partial charge in [0.15, 0.2) is 0 Å². The van der Waals surface area contributed by atoms with E-state index in [1.807, 2.05) is 36.6 Å². The molecule has 3 heterocycles. The van der Waals surface area contributed by atoms with Crippen molar-refractivity contribution in [2.24, 2.45) is 0 Å². The van der Waals surface area contributed by atoms with Gasteiger partial charge in [-0.25, -0.2) is 0 Å². The molecule has 0 aliphatic carbocycles. The summed E-state index contributed by atoms with van der Waals surface area (Å²) in [7, 11) is 0. The van der Waals surface area contributed by atoms with E-state index >= 15 is 0 Å². The zero-order valence-electron chi connectivity index (χ0n) is 14.1. The summed E-state index contributed by atoms with van der Waals surface area (Å²) in [4.78, 5) is 36.7. The van der Waals surface area contributed by atoms with Crippen molar-refractivity contribution in [3.63, 3.8) is 0 Å². The van der Waals surface area contributed by atoms with Crippen molar-refractivity contribution in [2.75, 3.05) is 18.8 Å². The van der Waals surface area contributed by atoms with Gasteiger partial charge in [0.05, 0.1) is 24.1 Å². The molecule has 3 rings (SSSR count). The highest BCUT2D eigenvalue weighted by Gasteiger charge is 2.29. The van der Waals surface area contributed by atoms with Crippen LogP contribution in [0.5, 0.6) is 0 Å². The van der Waals surface area contributed by atoms with Crippen LogP contribution in [0.2, 0.25) is 0 Å². The molecule has 1 aliphatic heterocycles. The first-order valence-electron chi connectivity index (χ1n) is 7.92. The van der Waals surface area contributed by atoms with E-state index in [1.165, 1.54) is 4.90 Å². The number of imide groups is 1. The molecule has 0 bridgehead atoms. The fourth-order valence-electron chi connectivity index (χ4n) is 2.81. The van der Waals surface area contributed by atoms with Gasteiger partial charge >= 0.3 is 0 Å². The van der Waals surface area contributed by atoms with Crippen LogP contribution < -0.4 is 5.32 Å². The van der Waals surface area contributed by atoms with Gasteiger partial charge in [-0.2, -0.15) is 0 Å². The van der Waals surface area contributed by atoms with Crippen molar-refractivity contribution in [2.45, 2.75) is 20.4 Å². The molecule has 2 aromatic rings. The monoisotopic (exact) mass is 361 g/mol. The summed E-state index contributed by atoms with van der Waals surface area (Å²) in [6, 6.07) is 5.55. The molecule has 0 unspecified atom stereocenters. The molecule has 0 spiro atoms. The minimum Gasteiger partial charge on any atom is -0.467 e. The Kier molecular flexibility index (Phi) is 4.98. The third-order valence-corrected chi connectivity index (χ3v) is 5.03. The Bertz CT molecular complexity index is 794. The fraction of sp³-hybridized carbons (Fsp3) is 0.353. The second-order valence-electron chi connectivity index (χ2n) is 5.81. The fourth-order valence-corrected chi connectivity index (χ4v) is 3.56. The number of furan rings is 1. The quantitative estimate of drug-likeness (QED) is 0.852. The van der Waals surface area contributed by atoms with Gasteiger partial charge in [0, 0.05) is 24.5 Å². The highest BCUT2D eigenvalue weighted by Crippen LogP contribution is 2.19. The Hall–Kier alpha value is -2.48. The zero-order chi connectivity index (χ0) is 18.0. The van der Waals surface area contributed by atoms with Crippen LogP contribution in [0.25, 0.3) is 0 Å². The molecule has 2 aromatic heterocycles. The predicted molar refractivity (Wildman–Crippen MR) is 93.6 cm³/mol. The lowest BCUT2D eigenvalue weighted by Crippen LogP contribution is -2.37. The van der Waals surface area contributed by atoms with Gasteiger partial charge in [0.1, 0.15) is 5.76 Å². The third kappa shape index (κ3) is 3.63. The molecule has 7 nitrogen and oxygen atoms in total. The average Bonchev–Trinajstić information content (AvgIpc) is 3.27. The zero-order valence-corrected chi connectivity index (χ0v) is 14.9. The predicted octanol–water partition coefficient (Wildman–Crippen LogP) is 2.17. The maximum absolute atomic E-state index is 12.4. The Morgan fingerprint density at radius 2 is 2.16 bits per heavy atom. The van der Waals surface area contributed by atoms with E-state index in [1.54, 1.807) is 6.26 Å². The molecule has 3 amide bonds. The van der Waals surface area contributed by atoms with Crippen LogP contribution in [0, 0.1) is 13.8 Å². The third-order valence-electron chi connectivity index (χ3n) is 4.17. The Morgan fingerprint density at radius 3 is 2.80 bits per heavy atom. The molecule has 0 aromatic carbocycles. The Balaban J connectivity index is 1.62. The number of hydrogen-bond acceptors (Lipinski definition) is 5. The Morgan fingerprint density at radius 1 is 1.36 bits per heavy atom. The number of rotatable bonds is 6. The average molecular weight is 361 g/mol. The summed E-state index contributed by atoms with van der Waals surface area (Å²) >= 11 is 0.991. The van der Waals surface area contributed by atoms with Gasteiger partial charge in [0.2, 0.25) is 5.91 Å². The summed E-state index contributed by atoms with van der Waals surface area (Å²) < 4.78 is 7.38. The normalized spacial score (nSPS) is 14.4. The van der Waals surface area contributed by atoms with E-state index in [4.69, 9.17) is 4.42 Å². The van der Waals surface area contributed by atoms with Crippen LogP contribution >= 0.6 is 11.8 Å². The second-order valence-corrected chi connectivity index (χ2v) is 6.73.